The van der Waals surface area contributed by atoms with Gasteiger partial charge in [-0.2, -0.15) is 0 Å². The van der Waals surface area contributed by atoms with Gasteiger partial charge in [-0.05, 0) is 55.7 Å². The summed E-state index contributed by atoms with van der Waals surface area (Å²) in [4.78, 5) is 0. The van der Waals surface area contributed by atoms with E-state index in [2.05, 4.69) is 17.4 Å². The van der Waals surface area contributed by atoms with Crippen LogP contribution in [0.5, 0.6) is 0 Å². The average molecular weight is 236 g/mol. The third kappa shape index (κ3) is 2.26. The fourth-order valence-electron chi connectivity index (χ4n) is 3.30. The van der Waals surface area contributed by atoms with E-state index in [1.165, 1.54) is 37.7 Å². The number of rotatable bonds is 2. The number of halogens is 1. The van der Waals surface area contributed by atoms with Crippen molar-refractivity contribution >= 4 is 11.6 Å². The van der Waals surface area contributed by atoms with Crippen molar-refractivity contribution in [1.82, 2.24) is 5.32 Å². The Balaban J connectivity index is 1.64. The first-order valence-electron chi connectivity index (χ1n) is 6.30. The molecule has 0 spiro atoms. The van der Waals surface area contributed by atoms with Gasteiger partial charge >= 0.3 is 0 Å². The highest BCUT2D eigenvalue weighted by atomic mass is 35.5. The van der Waals surface area contributed by atoms with E-state index in [9.17, 15) is 0 Å². The van der Waals surface area contributed by atoms with Crippen molar-refractivity contribution in [2.24, 2.45) is 5.92 Å². The Morgan fingerprint density at radius 3 is 2.31 bits per heavy atom. The predicted molar refractivity (Wildman–Crippen MR) is 67.8 cm³/mol. The molecule has 0 aliphatic carbocycles. The topological polar surface area (TPSA) is 12.0 Å². The second-order valence-electron chi connectivity index (χ2n) is 5.31. The van der Waals surface area contributed by atoms with E-state index in [1.54, 1.807) is 0 Å². The summed E-state index contributed by atoms with van der Waals surface area (Å²) in [7, 11) is 0. The number of fused-ring (bicyclic) bond motifs is 2. The zero-order valence-electron chi connectivity index (χ0n) is 9.45. The van der Waals surface area contributed by atoms with Gasteiger partial charge in [0.1, 0.15) is 0 Å². The molecule has 2 heteroatoms. The van der Waals surface area contributed by atoms with Crippen LogP contribution in [0.15, 0.2) is 24.3 Å². The van der Waals surface area contributed by atoms with Gasteiger partial charge in [-0.25, -0.2) is 0 Å². The van der Waals surface area contributed by atoms with E-state index in [0.717, 1.165) is 23.0 Å². The van der Waals surface area contributed by atoms with Crippen LogP contribution in [-0.2, 0) is 6.42 Å². The summed E-state index contributed by atoms with van der Waals surface area (Å²) in [6, 6.07) is 9.96. The lowest BCUT2D eigenvalue weighted by Gasteiger charge is -2.29. The second-order valence-corrected chi connectivity index (χ2v) is 5.74. The molecule has 2 aliphatic rings. The maximum Gasteiger partial charge on any atom is 0.0406 e. The highest BCUT2D eigenvalue weighted by Gasteiger charge is 2.33. The maximum absolute atomic E-state index is 5.90. The van der Waals surface area contributed by atoms with Crippen molar-refractivity contribution in [3.05, 3.63) is 34.9 Å². The van der Waals surface area contributed by atoms with Gasteiger partial charge in [-0.3, -0.25) is 0 Å². The van der Waals surface area contributed by atoms with E-state index in [4.69, 9.17) is 11.6 Å². The highest BCUT2D eigenvalue weighted by molar-refractivity contribution is 6.30. The van der Waals surface area contributed by atoms with Crippen LogP contribution in [0.25, 0.3) is 0 Å². The molecule has 2 heterocycles. The van der Waals surface area contributed by atoms with Crippen molar-refractivity contribution in [3.63, 3.8) is 0 Å². The van der Waals surface area contributed by atoms with Gasteiger partial charge in [-0.15, -0.1) is 0 Å². The van der Waals surface area contributed by atoms with Crippen LogP contribution in [-0.4, -0.2) is 12.1 Å². The molecule has 1 nitrogen and oxygen atoms in total. The molecule has 3 rings (SSSR count). The van der Waals surface area contributed by atoms with Crippen molar-refractivity contribution in [1.29, 1.82) is 0 Å². The lowest BCUT2D eigenvalue weighted by molar-refractivity contribution is 0.298. The molecule has 86 valence electrons. The Bertz CT molecular complexity index is 348. The molecule has 1 aromatic rings. The van der Waals surface area contributed by atoms with Gasteiger partial charge in [0.25, 0.3) is 0 Å². The lowest BCUT2D eigenvalue weighted by Crippen LogP contribution is -2.38. The standard InChI is InChI=1S/C14H18ClN/c15-12-3-1-10(2-4-12)7-11-8-13-5-6-14(9-11)16-13/h1-4,11,13-14,16H,5-9H2. The number of hydrogen-bond donors (Lipinski definition) is 1. The van der Waals surface area contributed by atoms with Gasteiger partial charge in [0.2, 0.25) is 0 Å². The van der Waals surface area contributed by atoms with Crippen LogP contribution >= 0.6 is 11.6 Å². The molecular weight excluding hydrogens is 218 g/mol. The number of hydrogen-bond acceptors (Lipinski definition) is 1. The summed E-state index contributed by atoms with van der Waals surface area (Å²) in [6.07, 6.45) is 6.73. The largest absolute Gasteiger partial charge is 0.311 e. The molecule has 2 bridgehead atoms. The quantitative estimate of drug-likeness (QED) is 0.829. The molecule has 2 fully saturated rings. The summed E-state index contributed by atoms with van der Waals surface area (Å²) in [5.41, 5.74) is 1.44. The van der Waals surface area contributed by atoms with Crippen LogP contribution in [0.3, 0.4) is 0 Å². The minimum atomic E-state index is 0.802. The van der Waals surface area contributed by atoms with Crippen molar-refractivity contribution < 1.29 is 0 Å². The van der Waals surface area contributed by atoms with Crippen LogP contribution in [0, 0.1) is 5.92 Å². The molecule has 0 saturated carbocycles. The third-order valence-corrected chi connectivity index (χ3v) is 4.26. The van der Waals surface area contributed by atoms with Gasteiger partial charge in [-0.1, -0.05) is 23.7 Å². The zero-order chi connectivity index (χ0) is 11.0. The van der Waals surface area contributed by atoms with Crippen LogP contribution in [0.1, 0.15) is 31.2 Å². The smallest absolute Gasteiger partial charge is 0.0406 e. The summed E-state index contributed by atoms with van der Waals surface area (Å²) in [5, 5.41) is 4.54. The van der Waals surface area contributed by atoms with Crippen molar-refractivity contribution in [2.75, 3.05) is 0 Å². The van der Waals surface area contributed by atoms with Gasteiger partial charge < -0.3 is 5.32 Å². The van der Waals surface area contributed by atoms with E-state index >= 15 is 0 Å². The molecule has 0 amide bonds. The molecule has 0 aromatic heterocycles. The Labute approximate surface area is 102 Å². The Hall–Kier alpha value is -0.530. The Morgan fingerprint density at radius 2 is 1.69 bits per heavy atom. The Kier molecular flexibility index (Phi) is 2.91. The van der Waals surface area contributed by atoms with E-state index in [0.29, 0.717) is 0 Å². The minimum Gasteiger partial charge on any atom is -0.311 e. The number of benzene rings is 1. The van der Waals surface area contributed by atoms with Gasteiger partial charge in [0.15, 0.2) is 0 Å². The van der Waals surface area contributed by atoms with Gasteiger partial charge in [0.05, 0.1) is 0 Å². The molecule has 2 atom stereocenters. The molecule has 2 unspecified atom stereocenters. The molecule has 1 aromatic carbocycles. The van der Waals surface area contributed by atoms with Crippen LogP contribution < -0.4 is 5.32 Å². The first-order valence-corrected chi connectivity index (χ1v) is 6.68. The van der Waals surface area contributed by atoms with Crippen LogP contribution in [0.4, 0.5) is 0 Å². The SMILES string of the molecule is Clc1ccc(CC2CC3CCC(C2)N3)cc1. The normalized spacial score (nSPS) is 32.9. The summed E-state index contributed by atoms with van der Waals surface area (Å²) < 4.78 is 0. The fraction of sp³-hybridized carbons (Fsp3) is 0.571. The monoisotopic (exact) mass is 235 g/mol. The average Bonchev–Trinajstić information content (AvgIpc) is 2.62. The summed E-state index contributed by atoms with van der Waals surface area (Å²) in [6.45, 7) is 0. The second kappa shape index (κ2) is 4.38. The van der Waals surface area contributed by atoms with E-state index < -0.39 is 0 Å². The first-order chi connectivity index (χ1) is 7.79. The van der Waals surface area contributed by atoms with E-state index in [1.807, 2.05) is 12.1 Å². The molecule has 0 radical (unpaired) electrons. The maximum atomic E-state index is 5.90. The highest BCUT2D eigenvalue weighted by Crippen LogP contribution is 2.32. The first kappa shape index (κ1) is 10.6. The molecule has 1 N–H and O–H groups in total. The van der Waals surface area contributed by atoms with Gasteiger partial charge in [0, 0.05) is 17.1 Å². The zero-order valence-corrected chi connectivity index (χ0v) is 10.2. The van der Waals surface area contributed by atoms with Crippen LogP contribution in [0.2, 0.25) is 5.02 Å². The minimum absolute atomic E-state index is 0.802. The van der Waals surface area contributed by atoms with E-state index in [-0.39, 0.29) is 0 Å². The molecule has 2 aliphatic heterocycles. The third-order valence-electron chi connectivity index (χ3n) is 4.01. The van der Waals surface area contributed by atoms with Crippen molar-refractivity contribution in [2.45, 2.75) is 44.2 Å². The summed E-state index contributed by atoms with van der Waals surface area (Å²) in [5.74, 6) is 0.875. The summed E-state index contributed by atoms with van der Waals surface area (Å²) >= 11 is 5.90. The number of nitrogens with one attached hydrogen (secondary N) is 1. The number of piperidine rings is 1. The molecule has 2 saturated heterocycles. The lowest BCUT2D eigenvalue weighted by atomic mass is 9.87. The predicted octanol–water partition coefficient (Wildman–Crippen LogP) is 3.41. The molecular formula is C14H18ClN. The van der Waals surface area contributed by atoms with Crippen molar-refractivity contribution in [3.8, 4) is 0 Å². The molecule has 16 heavy (non-hydrogen) atoms. The Morgan fingerprint density at radius 1 is 1.06 bits per heavy atom. The fourth-order valence-corrected chi connectivity index (χ4v) is 3.42.